The van der Waals surface area contributed by atoms with Crippen LogP contribution in [0.2, 0.25) is 0 Å². The second-order valence-corrected chi connectivity index (χ2v) is 11.0. The molecule has 6 N–H and O–H groups in total. The highest BCUT2D eigenvalue weighted by Gasteiger charge is 2.40. The van der Waals surface area contributed by atoms with E-state index in [0.717, 1.165) is 11.8 Å². The Labute approximate surface area is 189 Å². The molecule has 6 nitrogen and oxygen atoms in total. The SMILES string of the molecule is O=S(=O)([O-])[O-].[NH3+]C1CC1c1cc2ccccc2s1.[NH3+]C1CC1c1cc2ccccc2s1. The molecule has 2 heterocycles. The predicted octanol–water partition coefficient (Wildman–Crippen LogP) is 2.66. The summed E-state index contributed by atoms with van der Waals surface area (Å²) in [4.78, 5) is 3.06. The van der Waals surface area contributed by atoms with Gasteiger partial charge >= 0.3 is 0 Å². The van der Waals surface area contributed by atoms with Crippen LogP contribution in [0.3, 0.4) is 0 Å². The zero-order chi connectivity index (χ0) is 22.2. The van der Waals surface area contributed by atoms with Gasteiger partial charge in [-0.2, -0.15) is 0 Å². The first-order valence-corrected chi connectivity index (χ1v) is 13.0. The Hall–Kier alpha value is -1.85. The van der Waals surface area contributed by atoms with Crippen LogP contribution in [0.15, 0.2) is 60.7 Å². The Bertz CT molecular complexity index is 1140. The summed E-state index contributed by atoms with van der Waals surface area (Å²) in [5.41, 5.74) is 8.17. The van der Waals surface area contributed by atoms with Gasteiger partial charge in [0.2, 0.25) is 0 Å². The molecular weight excluding hydrogens is 452 g/mol. The van der Waals surface area contributed by atoms with Crippen LogP contribution in [0.25, 0.3) is 20.2 Å². The van der Waals surface area contributed by atoms with E-state index in [1.807, 2.05) is 22.7 Å². The second kappa shape index (κ2) is 8.95. The molecule has 0 radical (unpaired) electrons. The summed E-state index contributed by atoms with van der Waals surface area (Å²) in [5.74, 6) is 1.52. The van der Waals surface area contributed by atoms with Gasteiger partial charge in [-0.3, -0.25) is 8.42 Å². The minimum absolute atomic E-state index is 0.674. The average molecular weight is 477 g/mol. The molecule has 2 fully saturated rings. The van der Waals surface area contributed by atoms with Gasteiger partial charge in [0.15, 0.2) is 0 Å². The fraction of sp³-hybridized carbons (Fsp3) is 0.273. The maximum absolute atomic E-state index is 8.52. The molecule has 0 amide bonds. The number of hydrogen-bond donors (Lipinski definition) is 2. The standard InChI is InChI=1S/2C11H11NS.H2O4S/c2*12-9-6-8(9)11-5-7-3-1-2-4-10(7)13-11;1-5(2,3)4/h2*1-5,8-9H,6,12H2;(H2,1,2,3,4). The van der Waals surface area contributed by atoms with Crippen molar-refractivity contribution in [3.8, 4) is 0 Å². The van der Waals surface area contributed by atoms with Gasteiger partial charge in [0, 0.05) is 42.4 Å². The molecule has 31 heavy (non-hydrogen) atoms. The van der Waals surface area contributed by atoms with Gasteiger partial charge in [0.05, 0.1) is 23.9 Å². The molecule has 0 saturated heterocycles. The Morgan fingerprint density at radius 2 is 1.06 bits per heavy atom. The molecule has 0 spiro atoms. The summed E-state index contributed by atoms with van der Waals surface area (Å²) in [5, 5.41) is 2.78. The lowest BCUT2D eigenvalue weighted by Crippen LogP contribution is -2.53. The highest BCUT2D eigenvalue weighted by Crippen LogP contribution is 2.44. The lowest BCUT2D eigenvalue weighted by Gasteiger charge is -2.06. The molecule has 4 aromatic rings. The van der Waals surface area contributed by atoms with Crippen molar-refractivity contribution in [2.24, 2.45) is 0 Å². The lowest BCUT2D eigenvalue weighted by molar-refractivity contribution is -0.386. The normalized spacial score (nSPS) is 24.1. The monoisotopic (exact) mass is 476 g/mol. The molecule has 9 heteroatoms. The van der Waals surface area contributed by atoms with Crippen molar-refractivity contribution < 1.29 is 29.0 Å². The highest BCUT2D eigenvalue weighted by atomic mass is 32.3. The summed E-state index contributed by atoms with van der Waals surface area (Å²) in [6.07, 6.45) is 2.57. The molecular formula is C22H24N2O4S3. The van der Waals surface area contributed by atoms with Crippen LogP contribution in [0.1, 0.15) is 34.4 Å². The van der Waals surface area contributed by atoms with Crippen LogP contribution in [0.4, 0.5) is 0 Å². The van der Waals surface area contributed by atoms with Crippen LogP contribution in [-0.4, -0.2) is 29.6 Å². The third-order valence-electron chi connectivity index (χ3n) is 5.47. The molecule has 2 aromatic carbocycles. The zero-order valence-electron chi connectivity index (χ0n) is 16.8. The third-order valence-corrected chi connectivity index (χ3v) is 7.96. The van der Waals surface area contributed by atoms with Crippen LogP contribution in [0, 0.1) is 0 Å². The average Bonchev–Trinajstić information content (AvgIpc) is 3.50. The van der Waals surface area contributed by atoms with Crippen molar-refractivity contribution in [3.05, 3.63) is 70.4 Å². The van der Waals surface area contributed by atoms with Gasteiger partial charge in [-0.1, -0.05) is 36.4 Å². The molecule has 6 rings (SSSR count). The van der Waals surface area contributed by atoms with E-state index in [4.69, 9.17) is 17.5 Å². The van der Waals surface area contributed by atoms with Crippen LogP contribution in [-0.2, 0) is 10.4 Å². The number of fused-ring (bicyclic) bond motifs is 2. The minimum atomic E-state index is -5.17. The van der Waals surface area contributed by atoms with E-state index in [2.05, 4.69) is 72.1 Å². The first-order chi connectivity index (χ1) is 14.7. The molecule has 164 valence electrons. The van der Waals surface area contributed by atoms with E-state index >= 15 is 0 Å². The van der Waals surface area contributed by atoms with Crippen molar-refractivity contribution in [2.75, 3.05) is 0 Å². The van der Waals surface area contributed by atoms with E-state index in [9.17, 15) is 0 Å². The molecule has 2 aliphatic carbocycles. The van der Waals surface area contributed by atoms with Gasteiger partial charge in [0.1, 0.15) is 0 Å². The summed E-state index contributed by atoms with van der Waals surface area (Å²) >= 11 is 3.86. The Kier molecular flexibility index (Phi) is 6.45. The lowest BCUT2D eigenvalue weighted by atomic mass is 10.2. The van der Waals surface area contributed by atoms with E-state index in [1.54, 1.807) is 0 Å². The van der Waals surface area contributed by atoms with E-state index in [0.29, 0.717) is 12.1 Å². The van der Waals surface area contributed by atoms with Crippen molar-refractivity contribution in [1.82, 2.24) is 0 Å². The van der Waals surface area contributed by atoms with E-state index in [1.165, 1.54) is 42.8 Å². The topological polar surface area (TPSA) is 136 Å². The van der Waals surface area contributed by atoms with Crippen molar-refractivity contribution in [1.29, 1.82) is 0 Å². The van der Waals surface area contributed by atoms with Gasteiger partial charge in [-0.15, -0.1) is 22.7 Å². The van der Waals surface area contributed by atoms with Crippen molar-refractivity contribution >= 4 is 53.2 Å². The summed E-state index contributed by atoms with van der Waals surface area (Å²) in [6, 6.07) is 23.2. The molecule has 0 bridgehead atoms. The number of quaternary nitrogens is 2. The van der Waals surface area contributed by atoms with Crippen molar-refractivity contribution in [3.63, 3.8) is 0 Å². The fourth-order valence-corrected chi connectivity index (χ4v) is 6.11. The smallest absolute Gasteiger partial charge is 0.0931 e. The molecule has 2 aromatic heterocycles. The first-order valence-electron chi connectivity index (χ1n) is 9.99. The quantitative estimate of drug-likeness (QED) is 0.339. The third kappa shape index (κ3) is 6.11. The Morgan fingerprint density at radius 3 is 1.35 bits per heavy atom. The van der Waals surface area contributed by atoms with Crippen molar-refractivity contribution in [2.45, 2.75) is 36.8 Å². The summed E-state index contributed by atoms with van der Waals surface area (Å²) in [7, 11) is -5.17. The van der Waals surface area contributed by atoms with Gasteiger partial charge < -0.3 is 20.6 Å². The Balaban J connectivity index is 0.000000124. The predicted molar refractivity (Wildman–Crippen MR) is 122 cm³/mol. The molecule has 4 atom stereocenters. The van der Waals surface area contributed by atoms with Crippen LogP contribution >= 0.6 is 22.7 Å². The molecule has 2 aliphatic rings. The van der Waals surface area contributed by atoms with Gasteiger partial charge in [-0.05, 0) is 35.0 Å². The second-order valence-electron chi connectivity index (χ2n) is 7.99. The number of benzene rings is 2. The Morgan fingerprint density at radius 1 is 0.742 bits per heavy atom. The number of rotatable bonds is 2. The van der Waals surface area contributed by atoms with Crippen LogP contribution < -0.4 is 11.5 Å². The van der Waals surface area contributed by atoms with E-state index < -0.39 is 10.4 Å². The maximum Gasteiger partial charge on any atom is 0.0931 e. The minimum Gasteiger partial charge on any atom is -0.759 e. The zero-order valence-corrected chi connectivity index (χ0v) is 19.2. The number of thiophene rings is 2. The van der Waals surface area contributed by atoms with E-state index in [-0.39, 0.29) is 0 Å². The summed E-state index contributed by atoms with van der Waals surface area (Å²) in [6.45, 7) is 0. The molecule has 0 aliphatic heterocycles. The molecule has 2 saturated carbocycles. The summed E-state index contributed by atoms with van der Waals surface area (Å²) < 4.78 is 36.9. The maximum atomic E-state index is 8.52. The largest absolute Gasteiger partial charge is 0.759 e. The first kappa shape index (κ1) is 22.3. The highest BCUT2D eigenvalue weighted by molar-refractivity contribution is 7.79. The molecule has 4 unspecified atom stereocenters. The van der Waals surface area contributed by atoms with Crippen LogP contribution in [0.5, 0.6) is 0 Å². The van der Waals surface area contributed by atoms with Gasteiger partial charge in [0.25, 0.3) is 0 Å². The fourth-order valence-electron chi connectivity index (χ4n) is 3.56. The number of hydrogen-bond acceptors (Lipinski definition) is 6. The van der Waals surface area contributed by atoms with Gasteiger partial charge in [-0.25, -0.2) is 0 Å².